The lowest BCUT2D eigenvalue weighted by Gasteiger charge is -2.31. The molecule has 29 heavy (non-hydrogen) atoms. The molecule has 3 rings (SSSR count). The lowest BCUT2D eigenvalue weighted by molar-refractivity contribution is 0.0491. The molecule has 9 heteroatoms. The van der Waals surface area contributed by atoms with Crippen LogP contribution in [-0.2, 0) is 4.74 Å². The Balaban J connectivity index is 2.10. The first-order valence-electron chi connectivity index (χ1n) is 9.22. The van der Waals surface area contributed by atoms with Gasteiger partial charge in [-0.2, -0.15) is 11.8 Å². The van der Waals surface area contributed by atoms with E-state index >= 15 is 0 Å². The summed E-state index contributed by atoms with van der Waals surface area (Å²) in [5.74, 6) is 0.388. The maximum Gasteiger partial charge on any atom is 0.416 e. The number of amides is 2. The van der Waals surface area contributed by atoms with Gasteiger partial charge in [0.25, 0.3) is 5.91 Å². The highest BCUT2D eigenvalue weighted by molar-refractivity contribution is 7.99. The van der Waals surface area contributed by atoms with Crippen LogP contribution >= 0.6 is 11.8 Å². The number of hydrogen-bond acceptors (Lipinski definition) is 7. The Kier molecular flexibility index (Phi) is 6.28. The number of benzene rings is 1. The van der Waals surface area contributed by atoms with Crippen LogP contribution in [0.4, 0.5) is 10.5 Å². The number of methoxy groups -OCH3 is 2. The zero-order valence-electron chi connectivity index (χ0n) is 17.0. The predicted molar refractivity (Wildman–Crippen MR) is 111 cm³/mol. The average Bonchev–Trinajstić information content (AvgIpc) is 3.09. The largest absolute Gasteiger partial charge is 0.493 e. The molecule has 1 aromatic rings. The summed E-state index contributed by atoms with van der Waals surface area (Å²) < 4.78 is 16.1. The van der Waals surface area contributed by atoms with Crippen LogP contribution in [-0.4, -0.2) is 73.2 Å². The summed E-state index contributed by atoms with van der Waals surface area (Å²) in [6, 6.07) is 2.44. The van der Waals surface area contributed by atoms with Gasteiger partial charge in [-0.1, -0.05) is 19.1 Å². The van der Waals surface area contributed by atoms with Crippen LogP contribution < -0.4 is 14.4 Å². The monoisotopic (exact) mass is 422 g/mol. The van der Waals surface area contributed by atoms with E-state index < -0.39 is 18.4 Å². The Morgan fingerprint density at radius 3 is 2.62 bits per heavy atom. The van der Waals surface area contributed by atoms with E-state index in [0.717, 1.165) is 10.5 Å². The third-order valence-corrected chi connectivity index (χ3v) is 6.13. The lowest BCUT2D eigenvalue weighted by atomic mass is 10.1. The van der Waals surface area contributed by atoms with Gasteiger partial charge >= 0.3 is 6.09 Å². The maximum absolute atomic E-state index is 13.3. The van der Waals surface area contributed by atoms with Crippen molar-refractivity contribution in [3.05, 3.63) is 29.8 Å². The summed E-state index contributed by atoms with van der Waals surface area (Å²) in [4.78, 5) is 28.9. The van der Waals surface area contributed by atoms with Crippen LogP contribution in [0.25, 0.3) is 0 Å². The molecule has 1 N–H and O–H groups in total. The zero-order chi connectivity index (χ0) is 21.3. The Hall–Kier alpha value is -2.39. The second-order valence-corrected chi connectivity index (χ2v) is 8.36. The van der Waals surface area contributed by atoms with E-state index in [1.54, 1.807) is 11.8 Å². The third kappa shape index (κ3) is 3.89. The maximum atomic E-state index is 13.3. The predicted octanol–water partition coefficient (Wildman–Crippen LogP) is 2.50. The molecular weight excluding hydrogens is 396 g/mol. The minimum atomic E-state index is -1.28. The van der Waals surface area contributed by atoms with Crippen LogP contribution in [0, 0.1) is 0 Å². The van der Waals surface area contributed by atoms with Gasteiger partial charge in [-0.05, 0) is 18.7 Å². The molecule has 2 aliphatic heterocycles. The van der Waals surface area contributed by atoms with Gasteiger partial charge < -0.3 is 24.2 Å². The van der Waals surface area contributed by atoms with Gasteiger partial charge in [0.15, 0.2) is 17.7 Å². The normalized spacial score (nSPS) is 22.0. The summed E-state index contributed by atoms with van der Waals surface area (Å²) in [7, 11) is 2.93. The molecule has 1 unspecified atom stereocenters. The van der Waals surface area contributed by atoms with Crippen molar-refractivity contribution < 1.29 is 28.9 Å². The molecule has 3 atom stereocenters. The molecule has 0 aromatic heterocycles. The summed E-state index contributed by atoms with van der Waals surface area (Å²) in [5.41, 5.74) is 1.27. The molecule has 0 bridgehead atoms. The quantitative estimate of drug-likeness (QED) is 0.730. The van der Waals surface area contributed by atoms with Gasteiger partial charge in [0, 0.05) is 17.9 Å². The van der Waals surface area contributed by atoms with Gasteiger partial charge in [0.1, 0.15) is 6.61 Å². The second-order valence-electron chi connectivity index (χ2n) is 7.09. The van der Waals surface area contributed by atoms with Crippen molar-refractivity contribution in [2.24, 2.45) is 0 Å². The first kappa shape index (κ1) is 21.3. The number of ether oxygens (including phenoxy) is 3. The fraction of sp³-hybridized carbons (Fsp3) is 0.500. The van der Waals surface area contributed by atoms with Crippen molar-refractivity contribution in [1.82, 2.24) is 4.90 Å². The van der Waals surface area contributed by atoms with Crippen molar-refractivity contribution in [2.45, 2.75) is 30.9 Å². The van der Waals surface area contributed by atoms with Crippen LogP contribution in [0.2, 0.25) is 0 Å². The summed E-state index contributed by atoms with van der Waals surface area (Å²) in [6.07, 6.45) is 0.320. The number of carbonyl (C=O) groups excluding carboxylic acids is 2. The molecule has 2 aliphatic rings. The van der Waals surface area contributed by atoms with E-state index in [-0.39, 0.29) is 29.0 Å². The Morgan fingerprint density at radius 2 is 2.00 bits per heavy atom. The van der Waals surface area contributed by atoms with Crippen LogP contribution in [0.5, 0.6) is 11.5 Å². The number of aliphatic hydroxyl groups excluding tert-OH is 1. The zero-order valence-corrected chi connectivity index (χ0v) is 17.8. The molecule has 1 saturated heterocycles. The highest BCUT2D eigenvalue weighted by Gasteiger charge is 2.46. The molecule has 0 aliphatic carbocycles. The highest BCUT2D eigenvalue weighted by atomic mass is 32.2. The molecule has 2 heterocycles. The molecular formula is C20H26N2O6S. The number of hydrogen-bond donors (Lipinski definition) is 1. The van der Waals surface area contributed by atoms with Crippen molar-refractivity contribution in [3.63, 3.8) is 0 Å². The van der Waals surface area contributed by atoms with Gasteiger partial charge in [-0.3, -0.25) is 4.79 Å². The number of aliphatic hydroxyl groups is 1. The molecule has 2 amide bonds. The fourth-order valence-corrected chi connectivity index (χ4v) is 3.76. The Morgan fingerprint density at radius 1 is 1.34 bits per heavy atom. The van der Waals surface area contributed by atoms with Crippen LogP contribution in [0.1, 0.15) is 23.7 Å². The van der Waals surface area contributed by atoms with E-state index in [9.17, 15) is 14.7 Å². The summed E-state index contributed by atoms with van der Waals surface area (Å²) in [5, 5.41) is 11.2. The van der Waals surface area contributed by atoms with Crippen LogP contribution in [0.3, 0.4) is 0 Å². The van der Waals surface area contributed by atoms with E-state index in [2.05, 4.69) is 6.58 Å². The van der Waals surface area contributed by atoms with Gasteiger partial charge in [-0.25, -0.2) is 9.69 Å². The molecule has 1 fully saturated rings. The number of thioether (sulfide) groups is 1. The van der Waals surface area contributed by atoms with Crippen molar-refractivity contribution in [3.8, 4) is 11.5 Å². The van der Waals surface area contributed by atoms with E-state index in [1.165, 1.54) is 31.3 Å². The molecule has 0 radical (unpaired) electrons. The average molecular weight is 423 g/mol. The minimum absolute atomic E-state index is 0.0948. The number of carbonyl (C=O) groups is 2. The van der Waals surface area contributed by atoms with Gasteiger partial charge in [-0.15, -0.1) is 0 Å². The smallest absolute Gasteiger partial charge is 0.416 e. The van der Waals surface area contributed by atoms with Gasteiger partial charge in [0.2, 0.25) is 0 Å². The number of fused-ring (bicyclic) bond motifs is 2. The first-order valence-corrected chi connectivity index (χ1v) is 10.5. The fourth-order valence-electron chi connectivity index (χ4n) is 3.56. The van der Waals surface area contributed by atoms with E-state index in [4.69, 9.17) is 14.2 Å². The van der Waals surface area contributed by atoms with Gasteiger partial charge in [0.05, 0.1) is 31.5 Å². The van der Waals surface area contributed by atoms with E-state index in [0.29, 0.717) is 24.5 Å². The topological polar surface area (TPSA) is 88.5 Å². The molecule has 158 valence electrons. The Bertz CT molecular complexity index is 829. The standard InChI is InChI=1S/C20H26N2O6S/c1-11-6-15-19(24)22(20(25)28-10-12(2)29-5)14-8-17(27-4)16(26-3)7-13(14)18(23)21(15)9-11/h7-8,12,15,19,24H,1,6,9-10H2,2-5H3/t12-,15+,19?/m1/s1. The SMILES string of the molecule is C=C1C[C@H]2C(O)N(C(=O)OC[C@@H](C)SC)c3cc(OC)c(OC)cc3C(=O)N2C1. The van der Waals surface area contributed by atoms with Crippen LogP contribution in [0.15, 0.2) is 24.3 Å². The first-order chi connectivity index (χ1) is 13.8. The van der Waals surface area contributed by atoms with Crippen molar-refractivity contribution in [2.75, 3.05) is 38.5 Å². The molecule has 0 saturated carbocycles. The Labute approximate surface area is 174 Å². The molecule has 1 aromatic carbocycles. The van der Waals surface area contributed by atoms with Crippen molar-refractivity contribution >= 4 is 29.4 Å². The third-order valence-electron chi connectivity index (χ3n) is 5.19. The molecule has 8 nitrogen and oxygen atoms in total. The highest BCUT2D eigenvalue weighted by Crippen LogP contribution is 2.41. The molecule has 0 spiro atoms. The number of nitrogens with zero attached hydrogens (tertiary/aromatic N) is 2. The number of anilines is 1. The summed E-state index contributed by atoms with van der Waals surface area (Å²) >= 11 is 1.56. The number of rotatable bonds is 5. The second kappa shape index (κ2) is 8.54. The minimum Gasteiger partial charge on any atom is -0.493 e. The van der Waals surface area contributed by atoms with E-state index in [1.807, 2.05) is 13.2 Å². The lowest BCUT2D eigenvalue weighted by Crippen LogP contribution is -2.51. The van der Waals surface area contributed by atoms with Crippen molar-refractivity contribution in [1.29, 1.82) is 0 Å². The summed E-state index contributed by atoms with van der Waals surface area (Å²) in [6.45, 7) is 6.39.